The summed E-state index contributed by atoms with van der Waals surface area (Å²) < 4.78 is 5.68. The molecule has 1 N–H and O–H groups in total. The second-order valence-corrected chi connectivity index (χ2v) is 6.28. The Morgan fingerprint density at radius 3 is 2.22 bits per heavy atom. The van der Waals surface area contributed by atoms with Crippen LogP contribution in [0.15, 0.2) is 42.5 Å². The lowest BCUT2D eigenvalue weighted by Crippen LogP contribution is -2.13. The van der Waals surface area contributed by atoms with Crippen LogP contribution in [-0.4, -0.2) is 12.5 Å². The molecule has 0 spiro atoms. The predicted octanol–water partition coefficient (Wildman–Crippen LogP) is 4.98. The lowest BCUT2D eigenvalue weighted by atomic mass is 10.1. The maximum Gasteiger partial charge on any atom is 0.255 e. The molecular weight excluding hydrogens is 286 g/mol. The Morgan fingerprint density at radius 2 is 1.65 bits per heavy atom. The fourth-order valence-corrected chi connectivity index (χ4v) is 2.31. The highest BCUT2D eigenvalue weighted by molar-refractivity contribution is 6.05. The molecule has 0 aliphatic heterocycles. The maximum atomic E-state index is 12.4. The van der Waals surface area contributed by atoms with E-state index in [1.165, 1.54) is 0 Å². The van der Waals surface area contributed by atoms with Crippen LogP contribution in [0, 0.1) is 19.8 Å². The second kappa shape index (κ2) is 7.82. The zero-order valence-corrected chi connectivity index (χ0v) is 14.3. The molecule has 2 aromatic carbocycles. The van der Waals surface area contributed by atoms with Crippen LogP contribution in [0.4, 0.5) is 5.69 Å². The number of anilines is 1. The van der Waals surface area contributed by atoms with Gasteiger partial charge in [-0.3, -0.25) is 4.79 Å². The number of hydrogen-bond donors (Lipinski definition) is 1. The van der Waals surface area contributed by atoms with Gasteiger partial charge in [0.1, 0.15) is 5.75 Å². The van der Waals surface area contributed by atoms with E-state index in [0.29, 0.717) is 18.1 Å². The highest BCUT2D eigenvalue weighted by Crippen LogP contribution is 2.21. The Morgan fingerprint density at radius 1 is 1.04 bits per heavy atom. The van der Waals surface area contributed by atoms with Crippen LogP contribution in [-0.2, 0) is 0 Å². The molecule has 0 saturated carbocycles. The fourth-order valence-electron chi connectivity index (χ4n) is 2.31. The summed E-state index contributed by atoms with van der Waals surface area (Å²) in [6, 6.07) is 13.3. The van der Waals surface area contributed by atoms with Gasteiger partial charge in [0.25, 0.3) is 5.91 Å². The molecule has 23 heavy (non-hydrogen) atoms. The van der Waals surface area contributed by atoms with Crippen molar-refractivity contribution in [3.63, 3.8) is 0 Å². The van der Waals surface area contributed by atoms with E-state index < -0.39 is 0 Å². The Labute approximate surface area is 138 Å². The van der Waals surface area contributed by atoms with E-state index in [2.05, 4.69) is 19.2 Å². The van der Waals surface area contributed by atoms with Crippen molar-refractivity contribution in [1.82, 2.24) is 0 Å². The molecule has 0 aliphatic carbocycles. The van der Waals surface area contributed by atoms with Gasteiger partial charge in [0.2, 0.25) is 0 Å². The normalized spacial score (nSPS) is 10.7. The third-order valence-corrected chi connectivity index (χ3v) is 3.80. The fraction of sp³-hybridized carbons (Fsp3) is 0.350. The van der Waals surface area contributed by atoms with Gasteiger partial charge in [-0.2, -0.15) is 0 Å². The van der Waals surface area contributed by atoms with E-state index >= 15 is 0 Å². The number of benzene rings is 2. The van der Waals surface area contributed by atoms with Crippen molar-refractivity contribution in [3.8, 4) is 5.75 Å². The molecule has 0 bridgehead atoms. The average molecular weight is 311 g/mol. The average Bonchev–Trinajstić information content (AvgIpc) is 2.51. The summed E-state index contributed by atoms with van der Waals surface area (Å²) in [5.74, 6) is 1.32. The van der Waals surface area contributed by atoms with Crippen LogP contribution in [0.2, 0.25) is 0 Å². The summed E-state index contributed by atoms with van der Waals surface area (Å²) in [6.07, 6.45) is 1.02. The molecule has 3 heteroatoms. The van der Waals surface area contributed by atoms with E-state index in [0.717, 1.165) is 29.0 Å². The molecule has 3 nitrogen and oxygen atoms in total. The molecule has 0 saturated heterocycles. The van der Waals surface area contributed by atoms with Gasteiger partial charge in [-0.05, 0) is 61.6 Å². The van der Waals surface area contributed by atoms with Gasteiger partial charge in [-0.25, -0.2) is 0 Å². The largest absolute Gasteiger partial charge is 0.494 e. The van der Waals surface area contributed by atoms with Crippen LogP contribution in [0.1, 0.15) is 41.8 Å². The number of carbonyl (C=O) groups is 1. The Hall–Kier alpha value is -2.29. The number of aryl methyl sites for hydroxylation is 2. The molecule has 0 heterocycles. The van der Waals surface area contributed by atoms with Crippen molar-refractivity contribution in [2.24, 2.45) is 5.92 Å². The Kier molecular flexibility index (Phi) is 5.80. The van der Waals surface area contributed by atoms with Crippen LogP contribution in [0.25, 0.3) is 0 Å². The quantitative estimate of drug-likeness (QED) is 0.817. The van der Waals surface area contributed by atoms with E-state index in [1.54, 1.807) is 12.1 Å². The first kappa shape index (κ1) is 17.1. The van der Waals surface area contributed by atoms with Gasteiger partial charge in [0.05, 0.1) is 6.61 Å². The van der Waals surface area contributed by atoms with E-state index in [4.69, 9.17) is 4.74 Å². The maximum absolute atomic E-state index is 12.4. The number of hydrogen-bond acceptors (Lipinski definition) is 2. The summed E-state index contributed by atoms with van der Waals surface area (Å²) in [5.41, 5.74) is 3.64. The monoisotopic (exact) mass is 311 g/mol. The summed E-state index contributed by atoms with van der Waals surface area (Å²) in [6.45, 7) is 9.03. The van der Waals surface area contributed by atoms with Crippen molar-refractivity contribution in [2.75, 3.05) is 11.9 Å². The van der Waals surface area contributed by atoms with E-state index in [1.807, 2.05) is 44.2 Å². The summed E-state index contributed by atoms with van der Waals surface area (Å²) in [5, 5.41) is 2.99. The SMILES string of the molecule is Cc1cccc(C)c1NC(=O)c1ccc(OCCC(C)C)cc1. The molecular formula is C20H25NO2. The predicted molar refractivity (Wildman–Crippen MR) is 95.3 cm³/mol. The zero-order valence-electron chi connectivity index (χ0n) is 14.3. The molecule has 0 radical (unpaired) electrons. The smallest absolute Gasteiger partial charge is 0.255 e. The van der Waals surface area contributed by atoms with E-state index in [9.17, 15) is 4.79 Å². The number of carbonyl (C=O) groups excluding carboxylic acids is 1. The number of rotatable bonds is 6. The molecule has 0 aliphatic rings. The molecule has 0 fully saturated rings. The third-order valence-electron chi connectivity index (χ3n) is 3.80. The van der Waals surface area contributed by atoms with E-state index in [-0.39, 0.29) is 5.91 Å². The highest BCUT2D eigenvalue weighted by atomic mass is 16.5. The third kappa shape index (κ3) is 4.85. The zero-order chi connectivity index (χ0) is 16.8. The summed E-state index contributed by atoms with van der Waals surface area (Å²) in [4.78, 5) is 12.4. The number of ether oxygens (including phenoxy) is 1. The minimum atomic E-state index is -0.101. The topological polar surface area (TPSA) is 38.3 Å². The van der Waals surface area contributed by atoms with Crippen LogP contribution < -0.4 is 10.1 Å². The van der Waals surface area contributed by atoms with Crippen LogP contribution in [0.5, 0.6) is 5.75 Å². The highest BCUT2D eigenvalue weighted by Gasteiger charge is 2.09. The Balaban J connectivity index is 2.00. The molecule has 0 aromatic heterocycles. The molecule has 122 valence electrons. The first-order chi connectivity index (χ1) is 11.0. The van der Waals surface area contributed by atoms with Gasteiger partial charge in [-0.15, -0.1) is 0 Å². The van der Waals surface area contributed by atoms with Crippen molar-refractivity contribution in [1.29, 1.82) is 0 Å². The number of nitrogens with one attached hydrogen (secondary N) is 1. The molecule has 0 unspecified atom stereocenters. The summed E-state index contributed by atoms with van der Waals surface area (Å²) in [7, 11) is 0. The summed E-state index contributed by atoms with van der Waals surface area (Å²) >= 11 is 0. The molecule has 2 aromatic rings. The molecule has 0 atom stereocenters. The minimum Gasteiger partial charge on any atom is -0.494 e. The standard InChI is InChI=1S/C20H25NO2/c1-14(2)12-13-23-18-10-8-17(9-11-18)20(22)21-19-15(3)6-5-7-16(19)4/h5-11,14H,12-13H2,1-4H3,(H,21,22). The lowest BCUT2D eigenvalue weighted by Gasteiger charge is -2.12. The van der Waals surface area contributed by atoms with Crippen molar-refractivity contribution < 1.29 is 9.53 Å². The van der Waals surface area contributed by atoms with Crippen molar-refractivity contribution in [2.45, 2.75) is 34.1 Å². The second-order valence-electron chi connectivity index (χ2n) is 6.28. The molecule has 1 amide bonds. The first-order valence-corrected chi connectivity index (χ1v) is 8.08. The van der Waals surface area contributed by atoms with Gasteiger partial charge >= 0.3 is 0 Å². The Bertz CT molecular complexity index is 640. The number of amides is 1. The van der Waals surface area contributed by atoms with Gasteiger partial charge in [0.15, 0.2) is 0 Å². The van der Waals surface area contributed by atoms with Crippen molar-refractivity contribution in [3.05, 3.63) is 59.2 Å². The lowest BCUT2D eigenvalue weighted by molar-refractivity contribution is 0.102. The van der Waals surface area contributed by atoms with Gasteiger partial charge in [-0.1, -0.05) is 32.0 Å². The van der Waals surface area contributed by atoms with Crippen LogP contribution in [0.3, 0.4) is 0 Å². The number of para-hydroxylation sites is 1. The first-order valence-electron chi connectivity index (χ1n) is 8.08. The van der Waals surface area contributed by atoms with Crippen molar-refractivity contribution >= 4 is 11.6 Å². The van der Waals surface area contributed by atoms with Gasteiger partial charge < -0.3 is 10.1 Å². The molecule has 2 rings (SSSR count). The minimum absolute atomic E-state index is 0.101. The van der Waals surface area contributed by atoms with Crippen LogP contribution >= 0.6 is 0 Å². The van der Waals surface area contributed by atoms with Gasteiger partial charge in [0, 0.05) is 11.3 Å².